The van der Waals surface area contributed by atoms with Crippen LogP contribution in [0.3, 0.4) is 0 Å². The van der Waals surface area contributed by atoms with E-state index in [-0.39, 0.29) is 6.23 Å². The second kappa shape index (κ2) is 17.4. The van der Waals surface area contributed by atoms with Gasteiger partial charge in [0.15, 0.2) is 0 Å². The van der Waals surface area contributed by atoms with E-state index < -0.39 is 6.10 Å². The van der Waals surface area contributed by atoms with E-state index in [1.165, 1.54) is 95.5 Å². The molecule has 2 atom stereocenters. The number of aryl methyl sites for hydroxylation is 1. The van der Waals surface area contributed by atoms with Crippen LogP contribution in [0.15, 0.2) is 24.3 Å². The second-order valence-corrected chi connectivity index (χ2v) is 10.6. The summed E-state index contributed by atoms with van der Waals surface area (Å²) in [6.07, 6.45) is 20.8. The zero-order valence-corrected chi connectivity index (χ0v) is 22.1. The lowest BCUT2D eigenvalue weighted by molar-refractivity contribution is -0.919. The molecule has 0 saturated carbocycles. The predicted octanol–water partition coefficient (Wildman–Crippen LogP) is 7.89. The molecular weight excluding hydrogens is 394 g/mol. The van der Waals surface area contributed by atoms with Crippen molar-refractivity contribution in [2.45, 2.75) is 129 Å². The zero-order chi connectivity index (χ0) is 23.7. The highest BCUT2D eigenvalue weighted by molar-refractivity contribution is 5.27. The lowest BCUT2D eigenvalue weighted by Crippen LogP contribution is -2.54. The molecule has 0 aliphatic rings. The first-order valence-corrected chi connectivity index (χ1v) is 13.6. The van der Waals surface area contributed by atoms with Gasteiger partial charge in [0.25, 0.3) is 6.23 Å². The summed E-state index contributed by atoms with van der Waals surface area (Å²) in [5.41, 5.74) is 1.38. The average molecular weight is 449 g/mol. The first-order chi connectivity index (χ1) is 15.4. The van der Waals surface area contributed by atoms with E-state index in [1.54, 1.807) is 0 Å². The second-order valence-electron chi connectivity index (χ2n) is 10.6. The average Bonchev–Trinajstić information content (AvgIpc) is 2.77. The Bertz CT molecular complexity index is 549. The third-order valence-corrected chi connectivity index (χ3v) is 6.51. The molecule has 0 radical (unpaired) electrons. The summed E-state index contributed by atoms with van der Waals surface area (Å²) in [7, 11) is 6.19. The van der Waals surface area contributed by atoms with E-state index in [9.17, 15) is 5.11 Å². The van der Waals surface area contributed by atoms with Crippen molar-refractivity contribution in [3.05, 3.63) is 29.8 Å². The fraction of sp³-hybridized carbons (Fsp3) is 0.793. The summed E-state index contributed by atoms with van der Waals surface area (Å²) in [6, 6.07) is 8.49. The minimum absolute atomic E-state index is 0.253. The van der Waals surface area contributed by atoms with Crippen LogP contribution in [-0.4, -0.2) is 43.1 Å². The number of likely N-dealkylation sites (N-methyl/N-ethyl adjacent to an activating group) is 1. The van der Waals surface area contributed by atoms with Gasteiger partial charge >= 0.3 is 0 Å². The number of nitrogens with zero attached hydrogens (tertiary/aromatic N) is 1. The molecule has 0 heterocycles. The van der Waals surface area contributed by atoms with Gasteiger partial charge in [-0.05, 0) is 37.0 Å². The number of benzene rings is 1. The maximum absolute atomic E-state index is 10.3. The van der Waals surface area contributed by atoms with Gasteiger partial charge in [0.05, 0.1) is 21.1 Å². The Morgan fingerprint density at radius 2 is 1.12 bits per heavy atom. The summed E-state index contributed by atoms with van der Waals surface area (Å²) in [5, 5.41) is 10.3. The fourth-order valence-electron chi connectivity index (χ4n) is 4.35. The molecule has 1 aromatic rings. The highest BCUT2D eigenvalue weighted by Gasteiger charge is 2.32. The smallest absolute Gasteiger partial charge is 0.259 e. The molecule has 0 bridgehead atoms. The van der Waals surface area contributed by atoms with Crippen molar-refractivity contribution in [2.75, 3.05) is 21.1 Å². The Kier molecular flexibility index (Phi) is 15.8. The molecule has 0 aromatic heterocycles. The molecule has 1 aromatic carbocycles. The Morgan fingerprint density at radius 3 is 1.53 bits per heavy atom. The summed E-state index contributed by atoms with van der Waals surface area (Å²) >= 11 is 0. The Balaban J connectivity index is 2.09. The van der Waals surface area contributed by atoms with Crippen LogP contribution in [0.2, 0.25) is 0 Å². The monoisotopic (exact) mass is 448 g/mol. The lowest BCUT2D eigenvalue weighted by atomic mass is 10.0. The van der Waals surface area contributed by atoms with Gasteiger partial charge in [0.2, 0.25) is 0 Å². The van der Waals surface area contributed by atoms with E-state index in [0.717, 1.165) is 12.2 Å². The minimum atomic E-state index is -0.467. The molecule has 1 N–H and O–H groups in total. The number of unbranched alkanes of at least 4 members (excludes halogenated alkanes) is 13. The SMILES string of the molecule is CCCCCCCCCCCCCCCCc1ccc(OC(C(O)CC)[N+](C)(C)C)cc1. The van der Waals surface area contributed by atoms with E-state index in [1.807, 2.05) is 6.92 Å². The van der Waals surface area contributed by atoms with Gasteiger partial charge < -0.3 is 9.84 Å². The van der Waals surface area contributed by atoms with Crippen molar-refractivity contribution in [2.24, 2.45) is 0 Å². The normalized spacial score (nSPS) is 13.8. The predicted molar refractivity (Wildman–Crippen MR) is 139 cm³/mol. The Morgan fingerprint density at radius 1 is 0.688 bits per heavy atom. The maximum Gasteiger partial charge on any atom is 0.259 e. The maximum atomic E-state index is 10.3. The van der Waals surface area contributed by atoms with Gasteiger partial charge in [0, 0.05) is 0 Å². The van der Waals surface area contributed by atoms with Gasteiger partial charge in [0.1, 0.15) is 11.9 Å². The van der Waals surface area contributed by atoms with Gasteiger partial charge in [-0.3, -0.25) is 4.48 Å². The van der Waals surface area contributed by atoms with Gasteiger partial charge in [-0.1, -0.05) is 109 Å². The fourth-order valence-corrected chi connectivity index (χ4v) is 4.35. The van der Waals surface area contributed by atoms with Crippen LogP contribution in [-0.2, 0) is 6.42 Å². The quantitative estimate of drug-likeness (QED) is 0.125. The molecule has 0 amide bonds. The standard InChI is InChI=1S/C29H54NO2/c1-6-8-9-10-11-12-13-14-15-16-17-18-19-20-21-26-22-24-27(25-23-26)32-29(28(31)7-2)30(3,4)5/h22-25,28-29,31H,6-21H2,1-5H3/q+1. The molecule has 0 spiro atoms. The zero-order valence-electron chi connectivity index (χ0n) is 22.1. The number of rotatable bonds is 20. The molecule has 2 unspecified atom stereocenters. The topological polar surface area (TPSA) is 29.5 Å². The van der Waals surface area contributed by atoms with Crippen LogP contribution >= 0.6 is 0 Å². The number of ether oxygens (including phenoxy) is 1. The van der Waals surface area contributed by atoms with Crippen LogP contribution in [0, 0.1) is 0 Å². The van der Waals surface area contributed by atoms with Crippen LogP contribution in [0.4, 0.5) is 0 Å². The molecule has 0 saturated heterocycles. The molecular formula is C29H54NO2+. The molecule has 3 heteroatoms. The summed E-state index contributed by atoms with van der Waals surface area (Å²) < 4.78 is 6.71. The van der Waals surface area contributed by atoms with Crippen molar-refractivity contribution < 1.29 is 14.3 Å². The molecule has 3 nitrogen and oxygen atoms in total. The van der Waals surface area contributed by atoms with Crippen molar-refractivity contribution in [3.63, 3.8) is 0 Å². The van der Waals surface area contributed by atoms with Crippen LogP contribution < -0.4 is 4.74 Å². The third kappa shape index (κ3) is 13.5. The van der Waals surface area contributed by atoms with E-state index >= 15 is 0 Å². The Hall–Kier alpha value is -1.06. The summed E-state index contributed by atoms with van der Waals surface area (Å²) in [5.74, 6) is 0.847. The first kappa shape index (κ1) is 29.0. The van der Waals surface area contributed by atoms with Gasteiger partial charge in [-0.2, -0.15) is 0 Å². The summed E-state index contributed by atoms with van der Waals surface area (Å²) in [6.45, 7) is 4.28. The molecule has 32 heavy (non-hydrogen) atoms. The van der Waals surface area contributed by atoms with E-state index in [2.05, 4.69) is 52.3 Å². The van der Waals surface area contributed by atoms with E-state index in [0.29, 0.717) is 10.9 Å². The largest absolute Gasteiger partial charge is 0.440 e. The number of hydrogen-bond acceptors (Lipinski definition) is 2. The highest BCUT2D eigenvalue weighted by atomic mass is 16.5. The van der Waals surface area contributed by atoms with Gasteiger partial charge in [-0.25, -0.2) is 0 Å². The number of hydrogen-bond donors (Lipinski definition) is 1. The van der Waals surface area contributed by atoms with Gasteiger partial charge in [-0.15, -0.1) is 0 Å². The molecule has 186 valence electrons. The number of aliphatic hydroxyl groups is 1. The van der Waals surface area contributed by atoms with Crippen molar-refractivity contribution in [1.29, 1.82) is 0 Å². The Labute approximate surface area is 200 Å². The van der Waals surface area contributed by atoms with Crippen LogP contribution in [0.5, 0.6) is 5.75 Å². The molecule has 0 aliphatic carbocycles. The van der Waals surface area contributed by atoms with E-state index in [4.69, 9.17) is 4.74 Å². The first-order valence-electron chi connectivity index (χ1n) is 13.6. The van der Waals surface area contributed by atoms with Crippen molar-refractivity contribution >= 4 is 0 Å². The van der Waals surface area contributed by atoms with Crippen molar-refractivity contribution in [1.82, 2.24) is 0 Å². The highest BCUT2D eigenvalue weighted by Crippen LogP contribution is 2.21. The lowest BCUT2D eigenvalue weighted by Gasteiger charge is -2.36. The third-order valence-electron chi connectivity index (χ3n) is 6.51. The van der Waals surface area contributed by atoms with Crippen LogP contribution in [0.1, 0.15) is 116 Å². The summed E-state index contributed by atoms with van der Waals surface area (Å²) in [4.78, 5) is 0. The molecule has 1 rings (SSSR count). The van der Waals surface area contributed by atoms with Crippen LogP contribution in [0.25, 0.3) is 0 Å². The number of aliphatic hydroxyl groups excluding tert-OH is 1. The minimum Gasteiger partial charge on any atom is -0.440 e. The molecule has 0 aliphatic heterocycles. The number of quaternary nitrogens is 1. The van der Waals surface area contributed by atoms with Crippen molar-refractivity contribution in [3.8, 4) is 5.75 Å². The molecule has 0 fully saturated rings.